The van der Waals surface area contributed by atoms with E-state index in [1.165, 1.54) is 0 Å². The first-order valence-electron chi connectivity index (χ1n) is 5.55. The average Bonchev–Trinajstić information content (AvgIpc) is 2.82. The minimum absolute atomic E-state index is 0.624. The number of benzene rings is 1. The van der Waals surface area contributed by atoms with Crippen LogP contribution in [0.4, 0.5) is 0 Å². The Labute approximate surface area is 95.3 Å². The third kappa shape index (κ3) is 2.36. The van der Waals surface area contributed by atoms with E-state index in [-0.39, 0.29) is 0 Å². The second-order valence-electron chi connectivity index (χ2n) is 3.65. The Morgan fingerprint density at radius 3 is 3.06 bits per heavy atom. The van der Waals surface area contributed by atoms with E-state index in [1.54, 1.807) is 0 Å². The molecule has 1 aliphatic heterocycles. The second kappa shape index (κ2) is 5.03. The van der Waals surface area contributed by atoms with Gasteiger partial charge in [0.2, 0.25) is 0 Å². The molecule has 1 aromatic carbocycles. The summed E-state index contributed by atoms with van der Waals surface area (Å²) in [6, 6.07) is 7.47. The van der Waals surface area contributed by atoms with E-state index >= 15 is 0 Å². The molecule has 0 saturated heterocycles. The minimum Gasteiger partial charge on any atom is -0.495 e. The molecular weight excluding hydrogens is 204 g/mol. The smallest absolute Gasteiger partial charge is 0.136 e. The molecule has 1 heterocycles. The Morgan fingerprint density at radius 1 is 1.50 bits per heavy atom. The summed E-state index contributed by atoms with van der Waals surface area (Å²) in [6.07, 6.45) is 2.12. The molecule has 86 valence electrons. The molecule has 1 aromatic rings. The number of aliphatic hydroxyl groups is 1. The number of ether oxygens (including phenoxy) is 2. The number of rotatable bonds is 4. The predicted octanol–water partition coefficient (Wildman–Crippen LogP) is 2.42. The zero-order valence-corrected chi connectivity index (χ0v) is 9.35. The molecule has 16 heavy (non-hydrogen) atoms. The van der Waals surface area contributed by atoms with Gasteiger partial charge in [0, 0.05) is 6.42 Å². The molecule has 0 spiro atoms. The van der Waals surface area contributed by atoms with Crippen molar-refractivity contribution in [1.82, 2.24) is 0 Å². The van der Waals surface area contributed by atoms with E-state index in [4.69, 9.17) is 9.47 Å². The summed E-state index contributed by atoms with van der Waals surface area (Å²) in [7, 11) is 0. The fraction of sp³-hybridized carbons (Fsp3) is 0.385. The minimum atomic E-state index is -0.678. The third-order valence-corrected chi connectivity index (χ3v) is 2.49. The quantitative estimate of drug-likeness (QED) is 0.847. The SMILES string of the molecule is CCOc1cccc(C(O)C2=CCCO2)c1. The lowest BCUT2D eigenvalue weighted by atomic mass is 10.1. The van der Waals surface area contributed by atoms with Crippen LogP contribution in [-0.4, -0.2) is 18.3 Å². The number of aliphatic hydroxyl groups excluding tert-OH is 1. The van der Waals surface area contributed by atoms with Crippen molar-refractivity contribution in [2.24, 2.45) is 0 Å². The lowest BCUT2D eigenvalue weighted by molar-refractivity contribution is 0.118. The predicted molar refractivity (Wildman–Crippen MR) is 61.2 cm³/mol. The van der Waals surface area contributed by atoms with Crippen molar-refractivity contribution in [3.05, 3.63) is 41.7 Å². The second-order valence-corrected chi connectivity index (χ2v) is 3.65. The van der Waals surface area contributed by atoms with E-state index in [1.807, 2.05) is 37.3 Å². The Kier molecular flexibility index (Phi) is 3.47. The van der Waals surface area contributed by atoms with Crippen LogP contribution in [0.2, 0.25) is 0 Å². The summed E-state index contributed by atoms with van der Waals surface area (Å²) in [6.45, 7) is 3.22. The maximum atomic E-state index is 10.1. The largest absolute Gasteiger partial charge is 0.495 e. The van der Waals surface area contributed by atoms with E-state index in [0.717, 1.165) is 17.7 Å². The standard InChI is InChI=1S/C13H16O3/c1-2-15-11-6-3-5-10(9-11)13(14)12-7-4-8-16-12/h3,5-7,9,13-14H,2,4,8H2,1H3. The van der Waals surface area contributed by atoms with Crippen LogP contribution in [-0.2, 0) is 4.74 Å². The molecule has 0 bridgehead atoms. The first-order chi connectivity index (χ1) is 7.81. The third-order valence-electron chi connectivity index (χ3n) is 2.49. The Balaban J connectivity index is 2.15. The molecule has 0 amide bonds. The molecule has 1 aliphatic rings. The topological polar surface area (TPSA) is 38.7 Å². The van der Waals surface area contributed by atoms with Gasteiger partial charge < -0.3 is 14.6 Å². The van der Waals surface area contributed by atoms with Gasteiger partial charge in [0.1, 0.15) is 17.6 Å². The molecule has 0 fully saturated rings. The van der Waals surface area contributed by atoms with Crippen molar-refractivity contribution in [1.29, 1.82) is 0 Å². The summed E-state index contributed by atoms with van der Waals surface area (Å²) < 4.78 is 10.7. The van der Waals surface area contributed by atoms with Crippen LogP contribution >= 0.6 is 0 Å². The molecule has 0 saturated carbocycles. The average molecular weight is 220 g/mol. The normalized spacial score (nSPS) is 16.5. The van der Waals surface area contributed by atoms with Gasteiger partial charge in [0.05, 0.1) is 13.2 Å². The van der Waals surface area contributed by atoms with Gasteiger partial charge in [0.15, 0.2) is 0 Å². The molecule has 1 atom stereocenters. The van der Waals surface area contributed by atoms with Gasteiger partial charge in [-0.3, -0.25) is 0 Å². The van der Waals surface area contributed by atoms with Gasteiger partial charge in [-0.25, -0.2) is 0 Å². The molecule has 3 heteroatoms. The van der Waals surface area contributed by atoms with Crippen molar-refractivity contribution >= 4 is 0 Å². The number of hydrogen-bond donors (Lipinski definition) is 1. The highest BCUT2D eigenvalue weighted by Gasteiger charge is 2.18. The Hall–Kier alpha value is -1.48. The maximum Gasteiger partial charge on any atom is 0.136 e. The highest BCUT2D eigenvalue weighted by atomic mass is 16.5. The van der Waals surface area contributed by atoms with Crippen molar-refractivity contribution < 1.29 is 14.6 Å². The molecule has 0 aliphatic carbocycles. The molecular formula is C13H16O3. The Morgan fingerprint density at radius 2 is 2.38 bits per heavy atom. The first kappa shape index (κ1) is 11.0. The van der Waals surface area contributed by atoms with Gasteiger partial charge >= 0.3 is 0 Å². The molecule has 0 aromatic heterocycles. The van der Waals surface area contributed by atoms with E-state index in [9.17, 15) is 5.11 Å². The van der Waals surface area contributed by atoms with Gasteiger partial charge in [-0.1, -0.05) is 12.1 Å². The van der Waals surface area contributed by atoms with Crippen molar-refractivity contribution in [2.45, 2.75) is 19.4 Å². The summed E-state index contributed by atoms with van der Waals surface area (Å²) in [5, 5.41) is 10.1. The van der Waals surface area contributed by atoms with Crippen molar-refractivity contribution in [2.75, 3.05) is 13.2 Å². The van der Waals surface area contributed by atoms with Crippen LogP contribution in [0.25, 0.3) is 0 Å². The summed E-state index contributed by atoms with van der Waals surface area (Å²) in [4.78, 5) is 0. The molecule has 3 nitrogen and oxygen atoms in total. The highest BCUT2D eigenvalue weighted by molar-refractivity contribution is 5.33. The zero-order chi connectivity index (χ0) is 11.4. The van der Waals surface area contributed by atoms with Crippen molar-refractivity contribution in [3.8, 4) is 5.75 Å². The van der Waals surface area contributed by atoms with Gasteiger partial charge in [-0.2, -0.15) is 0 Å². The lowest BCUT2D eigenvalue weighted by Gasteiger charge is -2.13. The van der Waals surface area contributed by atoms with E-state index in [2.05, 4.69) is 0 Å². The van der Waals surface area contributed by atoms with Crippen LogP contribution in [0.3, 0.4) is 0 Å². The van der Waals surface area contributed by atoms with Gasteiger partial charge in [0.25, 0.3) is 0 Å². The van der Waals surface area contributed by atoms with E-state index in [0.29, 0.717) is 19.0 Å². The molecule has 0 radical (unpaired) electrons. The van der Waals surface area contributed by atoms with Crippen LogP contribution in [0.1, 0.15) is 25.0 Å². The van der Waals surface area contributed by atoms with Crippen LogP contribution in [0.5, 0.6) is 5.75 Å². The zero-order valence-electron chi connectivity index (χ0n) is 9.35. The molecule has 1 N–H and O–H groups in total. The van der Waals surface area contributed by atoms with E-state index < -0.39 is 6.10 Å². The summed E-state index contributed by atoms with van der Waals surface area (Å²) in [5.74, 6) is 1.42. The monoisotopic (exact) mass is 220 g/mol. The van der Waals surface area contributed by atoms with Crippen molar-refractivity contribution in [3.63, 3.8) is 0 Å². The van der Waals surface area contributed by atoms with Gasteiger partial charge in [-0.05, 0) is 30.7 Å². The fourth-order valence-corrected chi connectivity index (χ4v) is 1.73. The number of hydrogen-bond acceptors (Lipinski definition) is 3. The lowest BCUT2D eigenvalue weighted by Crippen LogP contribution is -2.02. The summed E-state index contributed by atoms with van der Waals surface area (Å²) >= 11 is 0. The van der Waals surface area contributed by atoms with Crippen LogP contribution in [0, 0.1) is 0 Å². The first-order valence-corrected chi connectivity index (χ1v) is 5.55. The fourth-order valence-electron chi connectivity index (χ4n) is 1.73. The highest BCUT2D eigenvalue weighted by Crippen LogP contribution is 2.28. The van der Waals surface area contributed by atoms with Gasteiger partial charge in [-0.15, -0.1) is 0 Å². The van der Waals surface area contributed by atoms with Crippen LogP contribution in [0.15, 0.2) is 36.1 Å². The Bertz CT molecular complexity index is 385. The molecule has 1 unspecified atom stereocenters. The molecule has 2 rings (SSSR count). The maximum absolute atomic E-state index is 10.1. The van der Waals surface area contributed by atoms with Crippen LogP contribution < -0.4 is 4.74 Å². The summed E-state index contributed by atoms with van der Waals surface area (Å²) in [5.41, 5.74) is 0.805.